The van der Waals surface area contributed by atoms with E-state index in [1.165, 1.54) is 30.3 Å². The Morgan fingerprint density at radius 3 is 2.50 bits per heavy atom. The summed E-state index contributed by atoms with van der Waals surface area (Å²) in [5.41, 5.74) is 5.99. The molecule has 1 amide bonds. The van der Waals surface area contributed by atoms with Crippen LogP contribution >= 0.6 is 0 Å². The Labute approximate surface area is 114 Å². The number of carbonyl (C=O) groups is 1. The average Bonchev–Trinajstić information content (AvgIpc) is 2.37. The van der Waals surface area contributed by atoms with Gasteiger partial charge in [0.1, 0.15) is 5.75 Å². The molecule has 0 saturated carbocycles. The van der Waals surface area contributed by atoms with E-state index in [1.807, 2.05) is 0 Å². The highest BCUT2D eigenvalue weighted by Crippen LogP contribution is 2.20. The molecule has 0 saturated heterocycles. The molecule has 0 bridgehead atoms. The molecule has 0 aliphatic carbocycles. The van der Waals surface area contributed by atoms with Crippen molar-refractivity contribution in [1.82, 2.24) is 0 Å². The van der Waals surface area contributed by atoms with Crippen molar-refractivity contribution in [3.63, 3.8) is 0 Å². The van der Waals surface area contributed by atoms with Crippen molar-refractivity contribution < 1.29 is 22.7 Å². The van der Waals surface area contributed by atoms with Crippen LogP contribution in [0, 0.1) is 0 Å². The van der Waals surface area contributed by atoms with E-state index in [4.69, 9.17) is 5.73 Å². The molecular formula is C13H15F3N2O2. The van der Waals surface area contributed by atoms with E-state index >= 15 is 0 Å². The predicted molar refractivity (Wildman–Crippen MR) is 69.4 cm³/mol. The van der Waals surface area contributed by atoms with Crippen molar-refractivity contribution in [2.75, 3.05) is 11.9 Å². The first kappa shape index (κ1) is 16.0. The third kappa shape index (κ3) is 5.75. The molecule has 4 nitrogen and oxygen atoms in total. The topological polar surface area (TPSA) is 64.4 Å². The summed E-state index contributed by atoms with van der Waals surface area (Å²) >= 11 is 0. The van der Waals surface area contributed by atoms with Gasteiger partial charge >= 0.3 is 6.18 Å². The summed E-state index contributed by atoms with van der Waals surface area (Å²) in [6.07, 6.45) is -2.53. The second kappa shape index (κ2) is 6.95. The number of alkyl halides is 3. The van der Waals surface area contributed by atoms with Gasteiger partial charge in [-0.15, -0.1) is 6.58 Å². The van der Waals surface area contributed by atoms with Gasteiger partial charge in [0, 0.05) is 5.69 Å². The van der Waals surface area contributed by atoms with Crippen LogP contribution in [-0.4, -0.2) is 24.7 Å². The normalized spacial score (nSPS) is 12.6. The summed E-state index contributed by atoms with van der Waals surface area (Å²) in [4.78, 5) is 11.6. The smallest absolute Gasteiger partial charge is 0.422 e. The third-order valence-corrected chi connectivity index (χ3v) is 2.28. The molecule has 1 rings (SSSR count). The molecular weight excluding hydrogens is 273 g/mol. The van der Waals surface area contributed by atoms with Gasteiger partial charge in [-0.2, -0.15) is 13.2 Å². The minimum atomic E-state index is -4.38. The lowest BCUT2D eigenvalue weighted by atomic mass is 10.2. The molecule has 0 radical (unpaired) electrons. The van der Waals surface area contributed by atoms with Crippen molar-refractivity contribution >= 4 is 11.6 Å². The summed E-state index contributed by atoms with van der Waals surface area (Å²) in [7, 11) is 0. The zero-order chi connectivity index (χ0) is 15.2. The van der Waals surface area contributed by atoms with Gasteiger partial charge in [0.2, 0.25) is 5.91 Å². The quantitative estimate of drug-likeness (QED) is 0.790. The molecule has 1 aromatic carbocycles. The van der Waals surface area contributed by atoms with Gasteiger partial charge < -0.3 is 15.8 Å². The van der Waals surface area contributed by atoms with E-state index < -0.39 is 24.7 Å². The summed E-state index contributed by atoms with van der Waals surface area (Å²) in [5, 5.41) is 2.54. The van der Waals surface area contributed by atoms with E-state index in [2.05, 4.69) is 16.6 Å². The molecule has 110 valence electrons. The SMILES string of the molecule is C=CCC(N)C(=O)Nc1ccc(OCC(F)(F)F)cc1. The Hall–Kier alpha value is -2.02. The highest BCUT2D eigenvalue weighted by atomic mass is 19.4. The van der Waals surface area contributed by atoms with Crippen molar-refractivity contribution in [1.29, 1.82) is 0 Å². The first-order chi connectivity index (χ1) is 9.31. The summed E-state index contributed by atoms with van der Waals surface area (Å²) in [6, 6.07) is 4.82. The minimum Gasteiger partial charge on any atom is -0.484 e. The molecule has 0 aliphatic heterocycles. The molecule has 0 spiro atoms. The van der Waals surface area contributed by atoms with Crippen LogP contribution in [-0.2, 0) is 4.79 Å². The van der Waals surface area contributed by atoms with Gasteiger partial charge in [0.15, 0.2) is 6.61 Å². The average molecular weight is 288 g/mol. The fourth-order valence-corrected chi connectivity index (χ4v) is 1.32. The Bertz CT molecular complexity index is 458. The fraction of sp³-hybridized carbons (Fsp3) is 0.308. The van der Waals surface area contributed by atoms with E-state index in [0.717, 1.165) is 0 Å². The Kier molecular flexibility index (Phi) is 5.57. The van der Waals surface area contributed by atoms with E-state index in [0.29, 0.717) is 12.1 Å². The number of rotatable bonds is 6. The second-order valence-corrected chi connectivity index (χ2v) is 4.05. The number of benzene rings is 1. The van der Waals surface area contributed by atoms with Gasteiger partial charge in [-0.1, -0.05) is 6.08 Å². The van der Waals surface area contributed by atoms with Crippen LogP contribution in [0.1, 0.15) is 6.42 Å². The van der Waals surface area contributed by atoms with Crippen molar-refractivity contribution in [3.05, 3.63) is 36.9 Å². The third-order valence-electron chi connectivity index (χ3n) is 2.28. The fourth-order valence-electron chi connectivity index (χ4n) is 1.32. The minimum absolute atomic E-state index is 0.0655. The molecule has 3 N–H and O–H groups in total. The number of hydrogen-bond acceptors (Lipinski definition) is 3. The summed E-state index contributed by atoms with van der Waals surface area (Å²) < 4.78 is 40.4. The molecule has 1 atom stereocenters. The maximum Gasteiger partial charge on any atom is 0.422 e. The van der Waals surface area contributed by atoms with Crippen molar-refractivity contribution in [2.24, 2.45) is 5.73 Å². The number of ether oxygens (including phenoxy) is 1. The molecule has 0 aliphatic rings. The van der Waals surface area contributed by atoms with E-state index in [-0.39, 0.29) is 5.75 Å². The van der Waals surface area contributed by atoms with Gasteiger partial charge in [0.05, 0.1) is 6.04 Å². The molecule has 0 aromatic heterocycles. The predicted octanol–water partition coefficient (Wildman–Crippen LogP) is 2.47. The van der Waals surface area contributed by atoms with Gasteiger partial charge in [-0.05, 0) is 30.7 Å². The molecule has 20 heavy (non-hydrogen) atoms. The highest BCUT2D eigenvalue weighted by Gasteiger charge is 2.28. The molecule has 1 aromatic rings. The zero-order valence-electron chi connectivity index (χ0n) is 10.6. The zero-order valence-corrected chi connectivity index (χ0v) is 10.6. The van der Waals surface area contributed by atoms with Crippen LogP contribution in [0.2, 0.25) is 0 Å². The Morgan fingerprint density at radius 1 is 1.40 bits per heavy atom. The maximum atomic E-state index is 12.0. The van der Waals surface area contributed by atoms with Gasteiger partial charge in [-0.3, -0.25) is 4.79 Å². The van der Waals surface area contributed by atoms with Crippen LogP contribution in [0.5, 0.6) is 5.75 Å². The molecule has 0 fully saturated rings. The van der Waals surface area contributed by atoms with Crippen LogP contribution in [0.3, 0.4) is 0 Å². The number of nitrogens with two attached hydrogens (primary N) is 1. The number of anilines is 1. The lowest BCUT2D eigenvalue weighted by Crippen LogP contribution is -2.35. The monoisotopic (exact) mass is 288 g/mol. The van der Waals surface area contributed by atoms with E-state index in [9.17, 15) is 18.0 Å². The number of carbonyl (C=O) groups excluding carboxylic acids is 1. The lowest BCUT2D eigenvalue weighted by molar-refractivity contribution is -0.153. The number of halogens is 3. The number of amides is 1. The van der Waals surface area contributed by atoms with Gasteiger partial charge in [-0.25, -0.2) is 0 Å². The summed E-state index contributed by atoms with van der Waals surface area (Å²) in [6.45, 7) is 2.12. The van der Waals surface area contributed by atoms with E-state index in [1.54, 1.807) is 0 Å². The van der Waals surface area contributed by atoms with Crippen molar-refractivity contribution in [3.8, 4) is 5.75 Å². The first-order valence-corrected chi connectivity index (χ1v) is 5.79. The molecule has 7 heteroatoms. The maximum absolute atomic E-state index is 12.0. The van der Waals surface area contributed by atoms with Crippen LogP contribution < -0.4 is 15.8 Å². The largest absolute Gasteiger partial charge is 0.484 e. The van der Waals surface area contributed by atoms with Crippen LogP contribution in [0.15, 0.2) is 36.9 Å². The first-order valence-electron chi connectivity index (χ1n) is 5.79. The van der Waals surface area contributed by atoms with Crippen molar-refractivity contribution in [2.45, 2.75) is 18.6 Å². The van der Waals surface area contributed by atoms with Crippen LogP contribution in [0.25, 0.3) is 0 Å². The molecule has 0 heterocycles. The Balaban J connectivity index is 2.54. The number of nitrogens with one attached hydrogen (secondary N) is 1. The van der Waals surface area contributed by atoms with Crippen LogP contribution in [0.4, 0.5) is 18.9 Å². The molecule has 1 unspecified atom stereocenters. The highest BCUT2D eigenvalue weighted by molar-refractivity contribution is 5.94. The standard InChI is InChI=1S/C13H15F3N2O2/c1-2-3-11(17)12(19)18-9-4-6-10(7-5-9)20-8-13(14,15)16/h2,4-7,11H,1,3,8,17H2,(H,18,19). The van der Waals surface area contributed by atoms with Gasteiger partial charge in [0.25, 0.3) is 0 Å². The Morgan fingerprint density at radius 2 is 2.00 bits per heavy atom. The second-order valence-electron chi connectivity index (χ2n) is 4.05. The lowest BCUT2D eigenvalue weighted by Gasteiger charge is -2.12. The number of hydrogen-bond donors (Lipinski definition) is 2. The summed E-state index contributed by atoms with van der Waals surface area (Å²) in [5.74, 6) is -0.329.